The van der Waals surface area contributed by atoms with E-state index in [9.17, 15) is 4.79 Å². The summed E-state index contributed by atoms with van der Waals surface area (Å²) in [5, 5.41) is 4.10. The van der Waals surface area contributed by atoms with Crippen LogP contribution in [0, 0.1) is 0 Å². The highest BCUT2D eigenvalue weighted by Crippen LogP contribution is 2.23. The van der Waals surface area contributed by atoms with Crippen molar-refractivity contribution in [1.29, 1.82) is 0 Å². The van der Waals surface area contributed by atoms with Crippen molar-refractivity contribution in [2.24, 2.45) is 0 Å². The van der Waals surface area contributed by atoms with Gasteiger partial charge in [-0.2, -0.15) is 0 Å². The quantitative estimate of drug-likeness (QED) is 0.860. The van der Waals surface area contributed by atoms with Gasteiger partial charge < -0.3 is 19.7 Å². The standard InChI is InChI=1S/C17H23Cl2N3O3/c18-15-2-1-13(9-16(15)19)11-21-3-8-25-14(12-21)10-20-17(23)22-4-6-24-7-5-22/h1-2,9,14H,3-8,10-12H2,(H,20,23). The van der Waals surface area contributed by atoms with Crippen LogP contribution in [0.15, 0.2) is 18.2 Å². The Morgan fingerprint density at radius 3 is 2.72 bits per heavy atom. The molecule has 2 aliphatic heterocycles. The third kappa shape index (κ3) is 5.46. The molecule has 25 heavy (non-hydrogen) atoms. The number of carbonyl (C=O) groups excluding carboxylic acids is 1. The molecule has 2 saturated heterocycles. The second kappa shape index (κ2) is 9.05. The summed E-state index contributed by atoms with van der Waals surface area (Å²) in [7, 11) is 0. The van der Waals surface area contributed by atoms with Gasteiger partial charge >= 0.3 is 6.03 Å². The molecule has 1 unspecified atom stereocenters. The zero-order valence-electron chi connectivity index (χ0n) is 14.0. The van der Waals surface area contributed by atoms with Crippen molar-refractivity contribution in [3.63, 3.8) is 0 Å². The van der Waals surface area contributed by atoms with Crippen molar-refractivity contribution < 1.29 is 14.3 Å². The summed E-state index contributed by atoms with van der Waals surface area (Å²) in [6, 6.07) is 5.65. The first kappa shape index (κ1) is 18.7. The number of rotatable bonds is 4. The Hall–Kier alpha value is -1.05. The molecule has 2 aliphatic rings. The summed E-state index contributed by atoms with van der Waals surface area (Å²) in [5.41, 5.74) is 1.12. The lowest BCUT2D eigenvalue weighted by atomic mass is 10.2. The largest absolute Gasteiger partial charge is 0.378 e. The first-order chi connectivity index (χ1) is 12.1. The van der Waals surface area contributed by atoms with Crippen LogP contribution in [0.5, 0.6) is 0 Å². The van der Waals surface area contributed by atoms with E-state index in [2.05, 4.69) is 10.2 Å². The molecule has 8 heteroatoms. The number of hydrogen-bond donors (Lipinski definition) is 1. The van der Waals surface area contributed by atoms with Crippen LogP contribution >= 0.6 is 23.2 Å². The van der Waals surface area contributed by atoms with Gasteiger partial charge in [0, 0.05) is 39.3 Å². The first-order valence-electron chi connectivity index (χ1n) is 8.50. The Morgan fingerprint density at radius 2 is 1.96 bits per heavy atom. The molecule has 1 aromatic rings. The average molecular weight is 388 g/mol. The molecule has 0 radical (unpaired) electrons. The lowest BCUT2D eigenvalue weighted by Gasteiger charge is -2.34. The van der Waals surface area contributed by atoms with Gasteiger partial charge in [0.25, 0.3) is 0 Å². The molecule has 1 aromatic carbocycles. The maximum absolute atomic E-state index is 12.1. The van der Waals surface area contributed by atoms with E-state index in [4.69, 9.17) is 32.7 Å². The fourth-order valence-electron chi connectivity index (χ4n) is 3.02. The Kier molecular flexibility index (Phi) is 6.78. The molecule has 2 heterocycles. The zero-order valence-corrected chi connectivity index (χ0v) is 15.6. The van der Waals surface area contributed by atoms with E-state index in [1.165, 1.54) is 0 Å². The second-order valence-corrected chi connectivity index (χ2v) is 7.08. The number of ether oxygens (including phenoxy) is 2. The molecular weight excluding hydrogens is 365 g/mol. The summed E-state index contributed by atoms with van der Waals surface area (Å²) < 4.78 is 11.0. The van der Waals surface area contributed by atoms with Crippen LogP contribution in [0.1, 0.15) is 5.56 Å². The molecule has 2 amide bonds. The molecule has 3 rings (SSSR count). The van der Waals surface area contributed by atoms with Gasteiger partial charge in [0.05, 0.1) is 36.0 Å². The first-order valence-corrected chi connectivity index (χ1v) is 9.26. The van der Waals surface area contributed by atoms with Crippen molar-refractivity contribution in [3.8, 4) is 0 Å². The summed E-state index contributed by atoms with van der Waals surface area (Å²) in [6.07, 6.45) is -0.0125. The van der Waals surface area contributed by atoms with Crippen LogP contribution in [-0.2, 0) is 16.0 Å². The lowest BCUT2D eigenvalue weighted by molar-refractivity contribution is -0.0295. The monoisotopic (exact) mass is 387 g/mol. The SMILES string of the molecule is O=C(NCC1CN(Cc2ccc(Cl)c(Cl)c2)CCO1)N1CCOCC1. The van der Waals surface area contributed by atoms with Crippen molar-refractivity contribution in [1.82, 2.24) is 15.1 Å². The minimum absolute atomic E-state index is 0.0125. The number of benzene rings is 1. The van der Waals surface area contributed by atoms with Gasteiger partial charge in [-0.1, -0.05) is 29.3 Å². The summed E-state index contributed by atoms with van der Waals surface area (Å²) in [6.45, 7) is 6.05. The maximum atomic E-state index is 12.1. The maximum Gasteiger partial charge on any atom is 0.317 e. The number of urea groups is 1. The van der Waals surface area contributed by atoms with Crippen LogP contribution < -0.4 is 5.32 Å². The molecular formula is C17H23Cl2N3O3. The Labute approximate surface area is 157 Å². The normalized spacial score (nSPS) is 22.0. The van der Waals surface area contributed by atoms with Gasteiger partial charge in [-0.05, 0) is 17.7 Å². The Bertz CT molecular complexity index is 597. The number of carbonyl (C=O) groups is 1. The lowest BCUT2D eigenvalue weighted by Crippen LogP contribution is -2.51. The van der Waals surface area contributed by atoms with Crippen LogP contribution in [0.2, 0.25) is 10.0 Å². The molecule has 2 fully saturated rings. The van der Waals surface area contributed by atoms with Crippen LogP contribution in [-0.4, -0.2) is 74.5 Å². The fraction of sp³-hybridized carbons (Fsp3) is 0.588. The minimum atomic E-state index is -0.0477. The van der Waals surface area contributed by atoms with Gasteiger partial charge in [0.15, 0.2) is 0 Å². The van der Waals surface area contributed by atoms with Crippen LogP contribution in [0.25, 0.3) is 0 Å². The number of nitrogens with one attached hydrogen (secondary N) is 1. The highest BCUT2D eigenvalue weighted by atomic mass is 35.5. The Morgan fingerprint density at radius 1 is 1.16 bits per heavy atom. The zero-order chi connectivity index (χ0) is 17.6. The number of morpholine rings is 2. The summed E-state index contributed by atoms with van der Waals surface area (Å²) in [5.74, 6) is 0. The molecule has 138 valence electrons. The predicted molar refractivity (Wildman–Crippen MR) is 97.3 cm³/mol. The van der Waals surface area contributed by atoms with E-state index in [0.29, 0.717) is 49.5 Å². The minimum Gasteiger partial charge on any atom is -0.378 e. The number of nitrogens with zero attached hydrogens (tertiary/aromatic N) is 2. The van der Waals surface area contributed by atoms with Crippen LogP contribution in [0.4, 0.5) is 4.79 Å². The van der Waals surface area contributed by atoms with Gasteiger partial charge in [-0.3, -0.25) is 4.90 Å². The van der Waals surface area contributed by atoms with E-state index < -0.39 is 0 Å². The number of amides is 2. The Balaban J connectivity index is 1.45. The van der Waals surface area contributed by atoms with E-state index in [1.807, 2.05) is 18.2 Å². The highest BCUT2D eigenvalue weighted by Gasteiger charge is 2.23. The smallest absolute Gasteiger partial charge is 0.317 e. The third-order valence-electron chi connectivity index (χ3n) is 4.39. The molecule has 0 spiro atoms. The van der Waals surface area contributed by atoms with E-state index >= 15 is 0 Å². The third-order valence-corrected chi connectivity index (χ3v) is 5.13. The molecule has 0 aromatic heterocycles. The van der Waals surface area contributed by atoms with E-state index in [0.717, 1.165) is 25.2 Å². The van der Waals surface area contributed by atoms with Crippen LogP contribution in [0.3, 0.4) is 0 Å². The van der Waals surface area contributed by atoms with Gasteiger partial charge in [-0.15, -0.1) is 0 Å². The van der Waals surface area contributed by atoms with Gasteiger partial charge in [-0.25, -0.2) is 4.79 Å². The van der Waals surface area contributed by atoms with Gasteiger partial charge in [0.1, 0.15) is 0 Å². The van der Waals surface area contributed by atoms with Gasteiger partial charge in [0.2, 0.25) is 0 Å². The molecule has 0 saturated carbocycles. The number of hydrogen-bond acceptors (Lipinski definition) is 4. The average Bonchev–Trinajstić information content (AvgIpc) is 2.64. The second-order valence-electron chi connectivity index (χ2n) is 6.26. The highest BCUT2D eigenvalue weighted by molar-refractivity contribution is 6.42. The number of halogens is 2. The van der Waals surface area contributed by atoms with Crippen molar-refractivity contribution in [3.05, 3.63) is 33.8 Å². The van der Waals surface area contributed by atoms with E-state index in [1.54, 1.807) is 4.90 Å². The molecule has 0 bridgehead atoms. The topological polar surface area (TPSA) is 54.0 Å². The molecule has 0 aliphatic carbocycles. The van der Waals surface area contributed by atoms with Crippen molar-refractivity contribution >= 4 is 29.2 Å². The van der Waals surface area contributed by atoms with Crippen molar-refractivity contribution in [2.45, 2.75) is 12.6 Å². The van der Waals surface area contributed by atoms with E-state index in [-0.39, 0.29) is 12.1 Å². The summed E-state index contributed by atoms with van der Waals surface area (Å²) >= 11 is 12.0. The summed E-state index contributed by atoms with van der Waals surface area (Å²) in [4.78, 5) is 16.2. The molecule has 1 atom stereocenters. The molecule has 1 N–H and O–H groups in total. The fourth-order valence-corrected chi connectivity index (χ4v) is 3.34. The van der Waals surface area contributed by atoms with Crippen molar-refractivity contribution in [2.75, 3.05) is 52.5 Å². The molecule has 6 nitrogen and oxygen atoms in total. The predicted octanol–water partition coefficient (Wildman–Crippen LogP) is 2.24.